The van der Waals surface area contributed by atoms with E-state index in [1.165, 1.54) is 25.7 Å². The third-order valence-electron chi connectivity index (χ3n) is 5.20. The predicted molar refractivity (Wildman–Crippen MR) is 102 cm³/mol. The number of hydrogen-bond acceptors (Lipinski definition) is 4. The molecular weight excluding hydrogens is 328 g/mol. The number of aryl methyl sites for hydroxylation is 2. The number of hydrogen-bond donors (Lipinski definition) is 2. The van der Waals surface area contributed by atoms with E-state index >= 15 is 0 Å². The highest BCUT2D eigenvalue weighted by Crippen LogP contribution is 2.25. The Balaban J connectivity index is 1.62. The van der Waals surface area contributed by atoms with E-state index in [-0.39, 0.29) is 11.9 Å². The van der Waals surface area contributed by atoms with Crippen molar-refractivity contribution in [3.05, 3.63) is 23.1 Å². The van der Waals surface area contributed by atoms with Crippen LogP contribution in [0.5, 0.6) is 0 Å². The van der Waals surface area contributed by atoms with Gasteiger partial charge in [-0.15, -0.1) is 0 Å². The molecule has 1 saturated heterocycles. The molecule has 1 aliphatic heterocycles. The first-order chi connectivity index (χ1) is 12.5. The van der Waals surface area contributed by atoms with Crippen molar-refractivity contribution in [3.8, 4) is 11.3 Å². The molecule has 0 saturated carbocycles. The zero-order valence-corrected chi connectivity index (χ0v) is 16.3. The smallest absolute Gasteiger partial charge is 0.269 e. The van der Waals surface area contributed by atoms with Crippen LogP contribution in [-0.2, 0) is 7.05 Å². The minimum atomic E-state index is -0.106. The Hall–Kier alpha value is -2.15. The molecule has 1 unspecified atom stereocenters. The summed E-state index contributed by atoms with van der Waals surface area (Å²) >= 11 is 0. The molecular formula is C19H30N6O. The summed E-state index contributed by atoms with van der Waals surface area (Å²) in [6.07, 6.45) is 5.16. The lowest BCUT2D eigenvalue weighted by Gasteiger charge is -2.24. The van der Waals surface area contributed by atoms with Crippen molar-refractivity contribution >= 4 is 5.91 Å². The van der Waals surface area contributed by atoms with Gasteiger partial charge < -0.3 is 10.2 Å². The number of nitrogens with zero attached hydrogens (tertiary/aromatic N) is 4. The zero-order chi connectivity index (χ0) is 18.7. The van der Waals surface area contributed by atoms with Gasteiger partial charge in [0.15, 0.2) is 0 Å². The van der Waals surface area contributed by atoms with Crippen LogP contribution in [0.2, 0.25) is 0 Å². The van der Waals surface area contributed by atoms with Crippen LogP contribution in [0.15, 0.2) is 6.07 Å². The number of carbonyl (C=O) groups is 1. The van der Waals surface area contributed by atoms with E-state index in [4.69, 9.17) is 0 Å². The molecule has 7 heteroatoms. The van der Waals surface area contributed by atoms with E-state index in [1.807, 2.05) is 31.6 Å². The highest BCUT2D eigenvalue weighted by Gasteiger charge is 2.19. The largest absolute Gasteiger partial charge is 0.347 e. The Morgan fingerprint density at radius 3 is 2.58 bits per heavy atom. The molecule has 26 heavy (non-hydrogen) atoms. The Morgan fingerprint density at radius 1 is 1.27 bits per heavy atom. The summed E-state index contributed by atoms with van der Waals surface area (Å²) in [4.78, 5) is 15.0. The van der Waals surface area contributed by atoms with Gasteiger partial charge in [-0.1, -0.05) is 12.8 Å². The lowest BCUT2D eigenvalue weighted by molar-refractivity contribution is 0.0924. The standard InChI is InChI=1S/C19H30N6O/c1-13(12-25-9-7-5-6-8-10-25)20-19(26)17-11-16(21-22-17)18-14(2)23-24(4)15(18)3/h11,13H,5-10,12H2,1-4H3,(H,20,26)(H,21,22). The quantitative estimate of drug-likeness (QED) is 0.860. The van der Waals surface area contributed by atoms with Gasteiger partial charge in [0.2, 0.25) is 0 Å². The number of rotatable bonds is 5. The van der Waals surface area contributed by atoms with E-state index < -0.39 is 0 Å². The van der Waals surface area contributed by atoms with Crippen LogP contribution in [-0.4, -0.2) is 56.5 Å². The summed E-state index contributed by atoms with van der Waals surface area (Å²) in [5.74, 6) is -0.106. The second kappa shape index (κ2) is 8.03. The van der Waals surface area contributed by atoms with E-state index in [9.17, 15) is 4.79 Å². The number of likely N-dealkylation sites (tertiary alicyclic amines) is 1. The fourth-order valence-electron chi connectivity index (χ4n) is 3.76. The molecule has 2 aromatic rings. The fourth-order valence-corrected chi connectivity index (χ4v) is 3.76. The summed E-state index contributed by atoms with van der Waals surface area (Å²) < 4.78 is 1.84. The van der Waals surface area contributed by atoms with Gasteiger partial charge in [0.1, 0.15) is 5.69 Å². The Bertz CT molecular complexity index is 754. The molecule has 1 amide bonds. The molecule has 1 fully saturated rings. The topological polar surface area (TPSA) is 78.8 Å². The molecule has 3 rings (SSSR count). The van der Waals surface area contributed by atoms with Crippen molar-refractivity contribution in [2.45, 2.75) is 52.5 Å². The maximum absolute atomic E-state index is 12.6. The number of aromatic nitrogens is 4. The molecule has 3 heterocycles. The third kappa shape index (κ3) is 4.15. The predicted octanol–water partition coefficient (Wildman–Crippen LogP) is 2.42. The number of amides is 1. The first kappa shape index (κ1) is 18.6. The van der Waals surface area contributed by atoms with Gasteiger partial charge in [-0.3, -0.25) is 14.6 Å². The van der Waals surface area contributed by atoms with Crippen molar-refractivity contribution < 1.29 is 4.79 Å². The highest BCUT2D eigenvalue weighted by atomic mass is 16.2. The number of carbonyl (C=O) groups excluding carboxylic acids is 1. The molecule has 142 valence electrons. The van der Waals surface area contributed by atoms with Gasteiger partial charge in [-0.05, 0) is 52.8 Å². The van der Waals surface area contributed by atoms with Crippen molar-refractivity contribution in [2.75, 3.05) is 19.6 Å². The summed E-state index contributed by atoms with van der Waals surface area (Å²) in [6.45, 7) is 9.19. The Kier molecular flexibility index (Phi) is 5.76. The van der Waals surface area contributed by atoms with Gasteiger partial charge in [-0.2, -0.15) is 10.2 Å². The summed E-state index contributed by atoms with van der Waals surface area (Å²) in [7, 11) is 1.91. The van der Waals surface area contributed by atoms with Crippen molar-refractivity contribution in [3.63, 3.8) is 0 Å². The van der Waals surface area contributed by atoms with Crippen LogP contribution in [0, 0.1) is 13.8 Å². The average Bonchev–Trinajstić information content (AvgIpc) is 3.05. The van der Waals surface area contributed by atoms with Crippen LogP contribution in [0.3, 0.4) is 0 Å². The van der Waals surface area contributed by atoms with Crippen LogP contribution >= 0.6 is 0 Å². The van der Waals surface area contributed by atoms with Crippen LogP contribution in [0.25, 0.3) is 11.3 Å². The van der Waals surface area contributed by atoms with Crippen molar-refractivity contribution in [1.82, 2.24) is 30.2 Å². The third-order valence-corrected chi connectivity index (χ3v) is 5.20. The molecule has 0 aliphatic carbocycles. The Morgan fingerprint density at radius 2 is 1.96 bits per heavy atom. The first-order valence-corrected chi connectivity index (χ1v) is 9.55. The van der Waals surface area contributed by atoms with Gasteiger partial charge >= 0.3 is 0 Å². The molecule has 7 nitrogen and oxygen atoms in total. The average molecular weight is 358 g/mol. The number of aromatic amines is 1. The van der Waals surface area contributed by atoms with Gasteiger partial charge in [0, 0.05) is 30.9 Å². The summed E-state index contributed by atoms with van der Waals surface area (Å²) in [5, 5.41) is 14.7. The minimum Gasteiger partial charge on any atom is -0.347 e. The lowest BCUT2D eigenvalue weighted by Crippen LogP contribution is -2.42. The molecule has 1 aliphatic rings. The maximum atomic E-state index is 12.6. The minimum absolute atomic E-state index is 0.106. The Labute approximate surface area is 155 Å². The molecule has 2 N–H and O–H groups in total. The van der Waals surface area contributed by atoms with Crippen LogP contribution in [0.1, 0.15) is 54.5 Å². The van der Waals surface area contributed by atoms with Crippen LogP contribution in [0.4, 0.5) is 0 Å². The molecule has 1 atom stereocenters. The van der Waals surface area contributed by atoms with Gasteiger partial charge in [0.05, 0.1) is 11.4 Å². The number of nitrogens with one attached hydrogen (secondary N) is 2. The summed E-state index contributed by atoms with van der Waals surface area (Å²) in [6, 6.07) is 1.92. The maximum Gasteiger partial charge on any atom is 0.269 e. The molecule has 2 aromatic heterocycles. The van der Waals surface area contributed by atoms with Crippen molar-refractivity contribution in [1.29, 1.82) is 0 Å². The second-order valence-electron chi connectivity index (χ2n) is 7.43. The van der Waals surface area contributed by atoms with Gasteiger partial charge in [0.25, 0.3) is 5.91 Å². The zero-order valence-electron chi connectivity index (χ0n) is 16.3. The lowest BCUT2D eigenvalue weighted by atomic mass is 10.1. The van der Waals surface area contributed by atoms with E-state index in [0.29, 0.717) is 5.69 Å². The van der Waals surface area contributed by atoms with Crippen LogP contribution < -0.4 is 5.32 Å². The fraction of sp³-hybridized carbons (Fsp3) is 0.632. The SMILES string of the molecule is Cc1nn(C)c(C)c1-c1cc(C(=O)NC(C)CN2CCCCCC2)[nH]n1. The van der Waals surface area contributed by atoms with E-state index in [2.05, 4.69) is 32.4 Å². The van der Waals surface area contributed by atoms with Crippen molar-refractivity contribution in [2.24, 2.45) is 7.05 Å². The van der Waals surface area contributed by atoms with Gasteiger partial charge in [-0.25, -0.2) is 0 Å². The normalized spacial score (nSPS) is 17.1. The second-order valence-corrected chi connectivity index (χ2v) is 7.43. The molecule has 0 spiro atoms. The number of H-pyrrole nitrogens is 1. The first-order valence-electron chi connectivity index (χ1n) is 9.55. The summed E-state index contributed by atoms with van der Waals surface area (Å²) in [5.41, 5.74) is 4.19. The highest BCUT2D eigenvalue weighted by molar-refractivity contribution is 5.93. The molecule has 0 aromatic carbocycles. The monoisotopic (exact) mass is 358 g/mol. The molecule has 0 bridgehead atoms. The van der Waals surface area contributed by atoms with E-state index in [0.717, 1.165) is 42.3 Å². The molecule has 0 radical (unpaired) electrons. The van der Waals surface area contributed by atoms with E-state index in [1.54, 1.807) is 0 Å².